The maximum Gasteiger partial charge on any atom is 0.269 e. The number of aromatic nitrogens is 4. The second-order valence-corrected chi connectivity index (χ2v) is 6.41. The molecule has 1 aliphatic heterocycles. The van der Waals surface area contributed by atoms with Crippen molar-refractivity contribution in [1.82, 2.24) is 35.9 Å². The normalized spacial score (nSPS) is 19.9. The minimum absolute atomic E-state index is 0.0877. The van der Waals surface area contributed by atoms with Crippen LogP contribution in [0.15, 0.2) is 10.6 Å². The number of H-pyrrole nitrogens is 1. The molecule has 0 aliphatic carbocycles. The monoisotopic (exact) mass is 376 g/mol. The van der Waals surface area contributed by atoms with E-state index in [1.165, 1.54) is 6.07 Å². The van der Waals surface area contributed by atoms with E-state index in [1.54, 1.807) is 0 Å². The lowest BCUT2D eigenvalue weighted by molar-refractivity contribution is -0.125. The summed E-state index contributed by atoms with van der Waals surface area (Å²) in [5.74, 6) is 0.924. The fourth-order valence-corrected chi connectivity index (χ4v) is 3.14. The Labute approximate surface area is 156 Å². The van der Waals surface area contributed by atoms with Crippen LogP contribution in [0.5, 0.6) is 0 Å². The topological polar surface area (TPSA) is 155 Å². The maximum atomic E-state index is 12.4. The standard InChI is InChI=1S/C16H24N8O3/c1-3-13-20-14(27-23-13)8-24-7-9(5-11(24)16(26)18-4-2)19-15(25)10-6-12(17)22-21-10/h6,9,11H,3-5,7-8H2,1-2H3,(H,18,26)(H,19,25)(H3,17,21,22)/t9-,11-/m0/s1. The number of likely N-dealkylation sites (tertiary alicyclic amines) is 1. The molecule has 5 N–H and O–H groups in total. The zero-order valence-corrected chi connectivity index (χ0v) is 15.4. The van der Waals surface area contributed by atoms with Gasteiger partial charge < -0.3 is 20.9 Å². The van der Waals surface area contributed by atoms with E-state index in [2.05, 4.69) is 31.0 Å². The average Bonchev–Trinajstić information content (AvgIpc) is 3.35. The Morgan fingerprint density at radius 1 is 1.44 bits per heavy atom. The molecule has 3 rings (SSSR count). The molecule has 11 heteroatoms. The first-order chi connectivity index (χ1) is 13.0. The fourth-order valence-electron chi connectivity index (χ4n) is 3.14. The molecule has 0 unspecified atom stereocenters. The highest BCUT2D eigenvalue weighted by Gasteiger charge is 2.38. The van der Waals surface area contributed by atoms with Gasteiger partial charge in [0.15, 0.2) is 5.82 Å². The lowest BCUT2D eigenvalue weighted by Crippen LogP contribution is -2.42. The first kappa shape index (κ1) is 18.8. The molecule has 0 bridgehead atoms. The third-order valence-corrected chi connectivity index (χ3v) is 4.40. The molecular weight excluding hydrogens is 352 g/mol. The molecule has 1 aliphatic rings. The first-order valence-corrected chi connectivity index (χ1v) is 8.95. The van der Waals surface area contributed by atoms with E-state index in [1.807, 2.05) is 18.7 Å². The van der Waals surface area contributed by atoms with Gasteiger partial charge in [0.1, 0.15) is 11.5 Å². The van der Waals surface area contributed by atoms with E-state index < -0.39 is 0 Å². The van der Waals surface area contributed by atoms with E-state index in [4.69, 9.17) is 10.3 Å². The number of likely N-dealkylation sites (N-methyl/N-ethyl adjacent to an activating group) is 1. The fraction of sp³-hybridized carbons (Fsp3) is 0.562. The minimum atomic E-state index is -0.390. The number of hydrogen-bond donors (Lipinski definition) is 4. The van der Waals surface area contributed by atoms with Crippen LogP contribution in [-0.2, 0) is 17.8 Å². The highest BCUT2D eigenvalue weighted by atomic mass is 16.5. The van der Waals surface area contributed by atoms with Crippen molar-refractivity contribution < 1.29 is 14.1 Å². The molecule has 0 radical (unpaired) electrons. The third-order valence-electron chi connectivity index (χ3n) is 4.40. The van der Waals surface area contributed by atoms with E-state index in [0.717, 1.165) is 0 Å². The minimum Gasteiger partial charge on any atom is -0.382 e. The van der Waals surface area contributed by atoms with Crippen LogP contribution in [0.1, 0.15) is 42.5 Å². The molecule has 146 valence electrons. The average molecular weight is 376 g/mol. The number of hydrogen-bond acceptors (Lipinski definition) is 8. The highest BCUT2D eigenvalue weighted by Crippen LogP contribution is 2.21. The molecule has 2 amide bonds. The molecule has 2 aromatic heterocycles. The summed E-state index contributed by atoms with van der Waals surface area (Å²) in [6, 6.07) is 0.871. The van der Waals surface area contributed by atoms with Crippen molar-refractivity contribution >= 4 is 17.6 Å². The van der Waals surface area contributed by atoms with Crippen LogP contribution >= 0.6 is 0 Å². The number of nitrogens with one attached hydrogen (secondary N) is 3. The van der Waals surface area contributed by atoms with Gasteiger partial charge in [-0.1, -0.05) is 12.1 Å². The Hall–Kier alpha value is -2.95. The maximum absolute atomic E-state index is 12.4. The predicted molar refractivity (Wildman–Crippen MR) is 95.4 cm³/mol. The summed E-state index contributed by atoms with van der Waals surface area (Å²) < 4.78 is 5.24. The summed E-state index contributed by atoms with van der Waals surface area (Å²) in [5, 5.41) is 16.0. The second-order valence-electron chi connectivity index (χ2n) is 6.41. The molecule has 3 heterocycles. The lowest BCUT2D eigenvalue weighted by atomic mass is 10.1. The van der Waals surface area contributed by atoms with Crippen LogP contribution < -0.4 is 16.4 Å². The molecule has 0 saturated carbocycles. The number of aryl methyl sites for hydroxylation is 1. The number of carbonyl (C=O) groups excluding carboxylic acids is 2. The Morgan fingerprint density at radius 3 is 2.89 bits per heavy atom. The Kier molecular flexibility index (Phi) is 5.69. The largest absolute Gasteiger partial charge is 0.382 e. The molecule has 2 atom stereocenters. The molecule has 1 saturated heterocycles. The zero-order valence-electron chi connectivity index (χ0n) is 15.4. The zero-order chi connectivity index (χ0) is 19.4. The van der Waals surface area contributed by atoms with Crippen molar-refractivity contribution in [2.24, 2.45) is 0 Å². The quantitative estimate of drug-likeness (QED) is 0.501. The summed E-state index contributed by atoms with van der Waals surface area (Å²) >= 11 is 0. The van der Waals surface area contributed by atoms with Crippen molar-refractivity contribution in [3.63, 3.8) is 0 Å². The van der Waals surface area contributed by atoms with Gasteiger partial charge in [0.05, 0.1) is 12.6 Å². The Bertz CT molecular complexity index is 801. The van der Waals surface area contributed by atoms with Crippen molar-refractivity contribution in [2.45, 2.75) is 45.3 Å². The Morgan fingerprint density at radius 2 is 2.26 bits per heavy atom. The van der Waals surface area contributed by atoms with Crippen molar-refractivity contribution in [1.29, 1.82) is 0 Å². The van der Waals surface area contributed by atoms with Gasteiger partial charge in [-0.05, 0) is 13.3 Å². The molecular formula is C16H24N8O3. The predicted octanol–water partition coefficient (Wildman–Crippen LogP) is -0.554. The third kappa shape index (κ3) is 4.42. The van der Waals surface area contributed by atoms with Crippen LogP contribution in [0.4, 0.5) is 5.82 Å². The number of anilines is 1. The summed E-state index contributed by atoms with van der Waals surface area (Å²) in [4.78, 5) is 31.0. The highest BCUT2D eigenvalue weighted by molar-refractivity contribution is 5.93. The van der Waals surface area contributed by atoms with Crippen LogP contribution in [0.3, 0.4) is 0 Å². The summed E-state index contributed by atoms with van der Waals surface area (Å²) in [7, 11) is 0. The smallest absolute Gasteiger partial charge is 0.269 e. The number of aromatic amines is 1. The SMILES string of the molecule is CCNC(=O)[C@@H]1C[C@H](NC(=O)c2cc(N)n[nH]2)CN1Cc1nc(CC)no1. The molecule has 0 spiro atoms. The van der Waals surface area contributed by atoms with Gasteiger partial charge in [-0.2, -0.15) is 10.1 Å². The molecule has 2 aromatic rings. The van der Waals surface area contributed by atoms with Crippen LogP contribution in [0, 0.1) is 0 Å². The van der Waals surface area contributed by atoms with Crippen molar-refractivity contribution in [2.75, 3.05) is 18.8 Å². The van der Waals surface area contributed by atoms with Gasteiger partial charge in [0, 0.05) is 31.6 Å². The first-order valence-electron chi connectivity index (χ1n) is 8.95. The Balaban J connectivity index is 1.68. The van der Waals surface area contributed by atoms with Gasteiger partial charge in [-0.3, -0.25) is 19.6 Å². The van der Waals surface area contributed by atoms with E-state index in [-0.39, 0.29) is 35.4 Å². The summed E-state index contributed by atoms with van der Waals surface area (Å²) in [6.07, 6.45) is 1.16. The van der Waals surface area contributed by atoms with Crippen molar-refractivity contribution in [3.05, 3.63) is 23.5 Å². The summed E-state index contributed by atoms with van der Waals surface area (Å²) in [6.45, 7) is 5.17. The lowest BCUT2D eigenvalue weighted by Gasteiger charge is -2.21. The van der Waals surface area contributed by atoms with Crippen molar-refractivity contribution in [3.8, 4) is 0 Å². The molecule has 11 nitrogen and oxygen atoms in total. The number of rotatable bonds is 7. The number of nitrogens with two attached hydrogens (primary N) is 1. The molecule has 1 fully saturated rings. The van der Waals surface area contributed by atoms with E-state index in [0.29, 0.717) is 44.2 Å². The van der Waals surface area contributed by atoms with E-state index >= 15 is 0 Å². The summed E-state index contributed by atoms with van der Waals surface area (Å²) in [5.41, 5.74) is 5.82. The number of carbonyl (C=O) groups is 2. The molecule has 0 aromatic carbocycles. The van der Waals surface area contributed by atoms with Gasteiger partial charge in [0.2, 0.25) is 11.8 Å². The second kappa shape index (κ2) is 8.16. The number of nitrogens with zero attached hydrogens (tertiary/aromatic N) is 4. The number of nitrogen functional groups attached to an aromatic ring is 1. The van der Waals surface area contributed by atoms with Crippen LogP contribution in [0.2, 0.25) is 0 Å². The van der Waals surface area contributed by atoms with E-state index in [9.17, 15) is 9.59 Å². The van der Waals surface area contributed by atoms with Gasteiger partial charge in [-0.15, -0.1) is 0 Å². The van der Waals surface area contributed by atoms with Crippen LogP contribution in [0.25, 0.3) is 0 Å². The van der Waals surface area contributed by atoms with Gasteiger partial charge >= 0.3 is 0 Å². The van der Waals surface area contributed by atoms with Gasteiger partial charge in [0.25, 0.3) is 5.91 Å². The van der Waals surface area contributed by atoms with Gasteiger partial charge in [-0.25, -0.2) is 0 Å². The van der Waals surface area contributed by atoms with Crippen LogP contribution in [-0.4, -0.2) is 62.2 Å². The number of amides is 2. The molecule has 27 heavy (non-hydrogen) atoms.